The SMILES string of the molecule is COC(=O)C1=C(Nc2c(F)cccc2C(=O)O)C(=O)N(CCO)C1. The fraction of sp³-hybridized carbons (Fsp3) is 0.267. The third-order valence-electron chi connectivity index (χ3n) is 3.45. The first-order chi connectivity index (χ1) is 11.4. The number of carbonyl (C=O) groups is 3. The highest BCUT2D eigenvalue weighted by Gasteiger charge is 2.35. The zero-order valence-corrected chi connectivity index (χ0v) is 12.7. The van der Waals surface area contributed by atoms with E-state index in [-0.39, 0.29) is 36.5 Å². The van der Waals surface area contributed by atoms with Crippen LogP contribution < -0.4 is 5.32 Å². The predicted octanol–water partition coefficient (Wildman–Crippen LogP) is 0.197. The number of carboxylic acids is 1. The number of carbonyl (C=O) groups excluding carboxylic acids is 2. The zero-order chi connectivity index (χ0) is 17.9. The Hall–Kier alpha value is -2.94. The molecule has 0 atom stereocenters. The Balaban J connectivity index is 2.47. The van der Waals surface area contributed by atoms with E-state index in [2.05, 4.69) is 10.1 Å². The van der Waals surface area contributed by atoms with Crippen molar-refractivity contribution in [1.82, 2.24) is 4.90 Å². The molecule has 24 heavy (non-hydrogen) atoms. The molecule has 2 rings (SSSR count). The smallest absolute Gasteiger partial charge is 0.337 e. The highest BCUT2D eigenvalue weighted by Crippen LogP contribution is 2.27. The predicted molar refractivity (Wildman–Crippen MR) is 79.7 cm³/mol. The van der Waals surface area contributed by atoms with Gasteiger partial charge in [0, 0.05) is 6.54 Å². The third kappa shape index (κ3) is 3.20. The number of anilines is 1. The first kappa shape index (κ1) is 17.4. The number of aromatic carboxylic acids is 1. The molecule has 3 N–H and O–H groups in total. The van der Waals surface area contributed by atoms with Crippen LogP contribution in [0.25, 0.3) is 0 Å². The van der Waals surface area contributed by atoms with Gasteiger partial charge in [0.05, 0.1) is 37.1 Å². The number of hydrogen-bond donors (Lipinski definition) is 3. The topological polar surface area (TPSA) is 116 Å². The molecule has 1 aromatic carbocycles. The van der Waals surface area contributed by atoms with Crippen molar-refractivity contribution in [1.29, 1.82) is 0 Å². The number of β-amino-alcohol motifs (C(OH)–C–C–N with tert-alkyl or cyclic N) is 1. The van der Waals surface area contributed by atoms with Gasteiger partial charge in [0.2, 0.25) is 0 Å². The van der Waals surface area contributed by atoms with E-state index >= 15 is 0 Å². The Morgan fingerprint density at radius 3 is 2.71 bits per heavy atom. The minimum Gasteiger partial charge on any atom is -0.478 e. The Morgan fingerprint density at radius 1 is 1.42 bits per heavy atom. The van der Waals surface area contributed by atoms with E-state index in [1.54, 1.807) is 0 Å². The molecule has 1 aliphatic rings. The molecule has 1 aromatic rings. The van der Waals surface area contributed by atoms with Gasteiger partial charge >= 0.3 is 11.9 Å². The van der Waals surface area contributed by atoms with Crippen molar-refractivity contribution in [2.45, 2.75) is 0 Å². The van der Waals surface area contributed by atoms with Crippen molar-refractivity contribution in [2.24, 2.45) is 0 Å². The number of para-hydroxylation sites is 1. The summed E-state index contributed by atoms with van der Waals surface area (Å²) in [5.41, 5.74) is -1.17. The van der Waals surface area contributed by atoms with Gasteiger partial charge < -0.3 is 25.2 Å². The van der Waals surface area contributed by atoms with Gasteiger partial charge in [-0.2, -0.15) is 0 Å². The minimum absolute atomic E-state index is 0.0342. The molecule has 8 nitrogen and oxygen atoms in total. The first-order valence-corrected chi connectivity index (χ1v) is 6.91. The summed E-state index contributed by atoms with van der Waals surface area (Å²) in [4.78, 5) is 36.6. The second-order valence-electron chi connectivity index (χ2n) is 4.89. The number of halogens is 1. The van der Waals surface area contributed by atoms with Crippen molar-refractivity contribution in [3.05, 3.63) is 40.8 Å². The molecule has 0 spiro atoms. The van der Waals surface area contributed by atoms with Gasteiger partial charge in [-0.3, -0.25) is 4.79 Å². The largest absolute Gasteiger partial charge is 0.478 e. The van der Waals surface area contributed by atoms with Gasteiger partial charge in [0.25, 0.3) is 5.91 Å². The Bertz CT molecular complexity index is 731. The summed E-state index contributed by atoms with van der Waals surface area (Å²) in [6, 6.07) is 3.41. The first-order valence-electron chi connectivity index (χ1n) is 6.91. The highest BCUT2D eigenvalue weighted by molar-refractivity contribution is 6.09. The van der Waals surface area contributed by atoms with E-state index in [9.17, 15) is 18.8 Å². The standard InChI is InChI=1S/C15H15FN2O6/c1-24-15(23)9-7-18(5-6-19)13(20)12(9)17-11-8(14(21)22)3-2-4-10(11)16/h2-4,17,19H,5-7H2,1H3,(H,21,22). The third-order valence-corrected chi connectivity index (χ3v) is 3.45. The van der Waals surface area contributed by atoms with Crippen LogP contribution in [0.15, 0.2) is 29.5 Å². The summed E-state index contributed by atoms with van der Waals surface area (Å²) < 4.78 is 18.6. The molecular weight excluding hydrogens is 323 g/mol. The number of benzene rings is 1. The van der Waals surface area contributed by atoms with Crippen molar-refractivity contribution >= 4 is 23.5 Å². The van der Waals surface area contributed by atoms with E-state index in [0.29, 0.717) is 0 Å². The Labute approximate surface area is 136 Å². The van der Waals surface area contributed by atoms with Gasteiger partial charge in [-0.1, -0.05) is 6.07 Å². The number of carboxylic acid groups (broad SMARTS) is 1. The normalized spacial score (nSPS) is 14.1. The summed E-state index contributed by atoms with van der Waals surface area (Å²) >= 11 is 0. The molecule has 1 amide bonds. The van der Waals surface area contributed by atoms with Gasteiger partial charge in [-0.05, 0) is 12.1 Å². The van der Waals surface area contributed by atoms with Crippen LogP contribution in [0.5, 0.6) is 0 Å². The molecular formula is C15H15FN2O6. The highest BCUT2D eigenvalue weighted by atomic mass is 19.1. The lowest BCUT2D eigenvalue weighted by molar-refractivity contribution is -0.136. The van der Waals surface area contributed by atoms with Crippen LogP contribution in [-0.4, -0.2) is 59.8 Å². The quantitative estimate of drug-likeness (QED) is 0.634. The second kappa shape index (κ2) is 7.09. The number of hydrogen-bond acceptors (Lipinski definition) is 6. The molecule has 1 heterocycles. The number of nitrogens with zero attached hydrogens (tertiary/aromatic N) is 1. The molecule has 0 unspecified atom stereocenters. The maximum absolute atomic E-state index is 14.0. The van der Waals surface area contributed by atoms with E-state index in [0.717, 1.165) is 24.1 Å². The van der Waals surface area contributed by atoms with Gasteiger partial charge in [0.15, 0.2) is 0 Å². The number of esters is 1. The maximum Gasteiger partial charge on any atom is 0.337 e. The van der Waals surface area contributed by atoms with Crippen molar-refractivity contribution in [3.8, 4) is 0 Å². The minimum atomic E-state index is -1.39. The van der Waals surface area contributed by atoms with Gasteiger partial charge in [-0.15, -0.1) is 0 Å². The van der Waals surface area contributed by atoms with Crippen LogP contribution in [-0.2, 0) is 14.3 Å². The zero-order valence-electron chi connectivity index (χ0n) is 12.7. The lowest BCUT2D eigenvalue weighted by Crippen LogP contribution is -2.31. The lowest BCUT2D eigenvalue weighted by atomic mass is 10.1. The van der Waals surface area contributed by atoms with Crippen LogP contribution in [0.2, 0.25) is 0 Å². The van der Waals surface area contributed by atoms with E-state index in [1.165, 1.54) is 6.07 Å². The summed E-state index contributed by atoms with van der Waals surface area (Å²) in [5.74, 6) is -3.75. The van der Waals surface area contributed by atoms with Gasteiger partial charge in [-0.25, -0.2) is 14.0 Å². The number of rotatable bonds is 6. The molecule has 0 bridgehead atoms. The Kier molecular flexibility index (Phi) is 5.14. The summed E-state index contributed by atoms with van der Waals surface area (Å²) in [6.07, 6.45) is 0. The Morgan fingerprint density at radius 2 is 2.12 bits per heavy atom. The van der Waals surface area contributed by atoms with Crippen molar-refractivity contribution in [2.75, 3.05) is 32.1 Å². The van der Waals surface area contributed by atoms with Crippen LogP contribution in [0.4, 0.5) is 10.1 Å². The molecule has 0 saturated heterocycles. The molecule has 0 fully saturated rings. The molecule has 1 aliphatic heterocycles. The van der Waals surface area contributed by atoms with Gasteiger partial charge in [0.1, 0.15) is 11.5 Å². The number of amides is 1. The van der Waals surface area contributed by atoms with Crippen LogP contribution in [0.1, 0.15) is 10.4 Å². The number of aliphatic hydroxyl groups excluding tert-OH is 1. The maximum atomic E-state index is 14.0. The molecule has 128 valence electrons. The molecule has 0 radical (unpaired) electrons. The molecule has 0 aromatic heterocycles. The monoisotopic (exact) mass is 338 g/mol. The average Bonchev–Trinajstić information content (AvgIpc) is 2.85. The van der Waals surface area contributed by atoms with E-state index < -0.39 is 29.4 Å². The van der Waals surface area contributed by atoms with Crippen LogP contribution >= 0.6 is 0 Å². The number of methoxy groups -OCH3 is 1. The molecule has 0 saturated carbocycles. The van der Waals surface area contributed by atoms with E-state index in [1.807, 2.05) is 0 Å². The average molecular weight is 338 g/mol. The van der Waals surface area contributed by atoms with Crippen LogP contribution in [0, 0.1) is 5.82 Å². The molecule has 0 aliphatic carbocycles. The fourth-order valence-electron chi connectivity index (χ4n) is 2.30. The summed E-state index contributed by atoms with van der Waals surface area (Å²) in [6.45, 7) is -0.494. The van der Waals surface area contributed by atoms with Crippen molar-refractivity contribution < 1.29 is 33.7 Å². The number of nitrogens with one attached hydrogen (secondary N) is 1. The van der Waals surface area contributed by atoms with Crippen LogP contribution in [0.3, 0.4) is 0 Å². The number of aliphatic hydroxyl groups is 1. The summed E-state index contributed by atoms with van der Waals surface area (Å²) in [5, 5.41) is 20.5. The van der Waals surface area contributed by atoms with Crippen molar-refractivity contribution in [3.63, 3.8) is 0 Å². The number of ether oxygens (including phenoxy) is 1. The second-order valence-corrected chi connectivity index (χ2v) is 4.89. The lowest BCUT2D eigenvalue weighted by Gasteiger charge is -2.15. The molecule has 9 heteroatoms. The summed E-state index contributed by atoms with van der Waals surface area (Å²) in [7, 11) is 1.12. The fourth-order valence-corrected chi connectivity index (χ4v) is 2.30. The van der Waals surface area contributed by atoms with E-state index in [4.69, 9.17) is 10.2 Å².